The number of aryl methyl sites for hydroxylation is 2. The van der Waals surface area contributed by atoms with Crippen LogP contribution < -0.4 is 4.90 Å². The maximum atomic E-state index is 4.66. The van der Waals surface area contributed by atoms with E-state index in [0.717, 1.165) is 35.3 Å². The van der Waals surface area contributed by atoms with Gasteiger partial charge in [0.2, 0.25) is 0 Å². The quantitative estimate of drug-likeness (QED) is 0.637. The third-order valence-electron chi connectivity index (χ3n) is 4.69. The Morgan fingerprint density at radius 3 is 2.83 bits per heavy atom. The number of anilines is 1. The van der Waals surface area contributed by atoms with Crippen molar-refractivity contribution in [1.82, 2.24) is 9.97 Å². The molecule has 0 radical (unpaired) electrons. The van der Waals surface area contributed by atoms with Crippen molar-refractivity contribution in [2.24, 2.45) is 0 Å². The number of nitrogens with zero attached hydrogens (tertiary/aromatic N) is 2. The first-order chi connectivity index (χ1) is 10.6. The van der Waals surface area contributed by atoms with Gasteiger partial charge in [-0.25, -0.2) is 4.98 Å². The van der Waals surface area contributed by atoms with E-state index in [4.69, 9.17) is 0 Å². The Morgan fingerprint density at radius 2 is 2.00 bits per heavy atom. The second-order valence-electron chi connectivity index (χ2n) is 6.02. The largest absolute Gasteiger partial charge is 0.355 e. The summed E-state index contributed by atoms with van der Waals surface area (Å²) in [5.41, 5.74) is 6.55. The Balaban J connectivity index is 0.00000156. The fourth-order valence-corrected chi connectivity index (χ4v) is 3.72. The van der Waals surface area contributed by atoms with Crippen molar-refractivity contribution in [1.29, 1.82) is 0 Å². The van der Waals surface area contributed by atoms with Gasteiger partial charge in [-0.1, -0.05) is 22.0 Å². The molecular weight excluding hydrogens is 374 g/mol. The first-order valence-corrected chi connectivity index (χ1v) is 8.39. The van der Waals surface area contributed by atoms with Crippen LogP contribution in [-0.4, -0.2) is 16.5 Å². The molecule has 0 saturated carbocycles. The summed E-state index contributed by atoms with van der Waals surface area (Å²) >= 11 is 3.58. The maximum Gasteiger partial charge on any atom is 0.153 e. The zero-order chi connectivity index (χ0) is 15.3. The van der Waals surface area contributed by atoms with Gasteiger partial charge < -0.3 is 9.88 Å². The Bertz CT molecular complexity index is 872. The molecule has 0 fully saturated rings. The fourth-order valence-electron chi connectivity index (χ4n) is 3.32. The van der Waals surface area contributed by atoms with Crippen molar-refractivity contribution >= 4 is 45.1 Å². The summed E-state index contributed by atoms with van der Waals surface area (Å²) in [6, 6.07) is 8.69. The lowest BCUT2D eigenvalue weighted by Crippen LogP contribution is -2.31. The monoisotopic (exact) mass is 391 g/mol. The van der Waals surface area contributed by atoms with Gasteiger partial charge in [-0.15, -0.1) is 12.4 Å². The van der Waals surface area contributed by atoms with Gasteiger partial charge >= 0.3 is 0 Å². The van der Waals surface area contributed by atoms with E-state index in [1.165, 1.54) is 27.8 Å². The van der Waals surface area contributed by atoms with Crippen molar-refractivity contribution < 1.29 is 0 Å². The van der Waals surface area contributed by atoms with Crippen LogP contribution >= 0.6 is 28.3 Å². The van der Waals surface area contributed by atoms with Crippen molar-refractivity contribution in [2.75, 3.05) is 11.4 Å². The lowest BCUT2D eigenvalue weighted by atomic mass is 10.00. The number of rotatable bonds is 1. The number of aromatic amines is 1. The second-order valence-corrected chi connectivity index (χ2v) is 6.93. The molecule has 3 aromatic rings. The van der Waals surface area contributed by atoms with Crippen LogP contribution in [0.5, 0.6) is 0 Å². The first kappa shape index (κ1) is 16.3. The van der Waals surface area contributed by atoms with Crippen LogP contribution in [0.15, 0.2) is 34.9 Å². The van der Waals surface area contributed by atoms with Gasteiger partial charge in [0, 0.05) is 34.8 Å². The maximum absolute atomic E-state index is 4.66. The van der Waals surface area contributed by atoms with E-state index in [1.54, 1.807) is 0 Å². The van der Waals surface area contributed by atoms with E-state index in [0.29, 0.717) is 0 Å². The molecule has 5 heteroatoms. The van der Waals surface area contributed by atoms with Crippen LogP contribution in [0.4, 0.5) is 5.82 Å². The van der Waals surface area contributed by atoms with Crippen molar-refractivity contribution in [3.63, 3.8) is 0 Å². The summed E-state index contributed by atoms with van der Waals surface area (Å²) in [5.74, 6) is 1.07. The highest BCUT2D eigenvalue weighted by molar-refractivity contribution is 9.10. The average molecular weight is 393 g/mol. The molecule has 4 rings (SSSR count). The molecule has 3 nitrogen and oxygen atoms in total. The number of aromatic nitrogens is 2. The highest BCUT2D eigenvalue weighted by atomic mass is 79.9. The molecule has 1 N–H and O–H groups in total. The lowest BCUT2D eigenvalue weighted by molar-refractivity contribution is 0.723. The molecule has 0 aliphatic carbocycles. The summed E-state index contributed by atoms with van der Waals surface area (Å²) in [7, 11) is 0. The predicted molar refractivity (Wildman–Crippen MR) is 102 cm³/mol. The molecule has 3 heterocycles. The van der Waals surface area contributed by atoms with E-state index in [2.05, 4.69) is 68.9 Å². The van der Waals surface area contributed by atoms with Gasteiger partial charge in [-0.05, 0) is 55.2 Å². The molecule has 0 bridgehead atoms. The third-order valence-corrected chi connectivity index (χ3v) is 5.18. The number of H-pyrrole nitrogens is 1. The summed E-state index contributed by atoms with van der Waals surface area (Å²) in [6.07, 6.45) is 2.99. The Labute approximate surface area is 150 Å². The minimum atomic E-state index is 0. The normalized spacial score (nSPS) is 13.8. The summed E-state index contributed by atoms with van der Waals surface area (Å²) < 4.78 is 1.14. The van der Waals surface area contributed by atoms with Crippen LogP contribution in [-0.2, 0) is 13.0 Å². The SMILES string of the molecule is Cc1[nH]c2c(N3CCc4ccc(Br)cc4C3)nccc2c1C.Cl. The molecule has 1 aromatic carbocycles. The lowest BCUT2D eigenvalue weighted by Gasteiger charge is -2.30. The van der Waals surface area contributed by atoms with Gasteiger partial charge in [0.05, 0.1) is 5.52 Å². The van der Waals surface area contributed by atoms with Crippen LogP contribution in [0.25, 0.3) is 10.9 Å². The fraction of sp³-hybridized carbons (Fsp3) is 0.278. The van der Waals surface area contributed by atoms with Gasteiger partial charge in [-0.2, -0.15) is 0 Å². The Hall–Kier alpha value is -1.52. The molecule has 23 heavy (non-hydrogen) atoms. The number of pyridine rings is 1. The molecule has 120 valence electrons. The number of hydrogen-bond acceptors (Lipinski definition) is 2. The number of benzene rings is 1. The summed E-state index contributed by atoms with van der Waals surface area (Å²) in [5, 5.41) is 1.28. The van der Waals surface area contributed by atoms with Crippen LogP contribution in [0.1, 0.15) is 22.4 Å². The molecule has 0 amide bonds. The number of nitrogens with one attached hydrogen (secondary N) is 1. The van der Waals surface area contributed by atoms with Crippen LogP contribution in [0, 0.1) is 13.8 Å². The van der Waals surface area contributed by atoms with E-state index >= 15 is 0 Å². The molecule has 0 spiro atoms. The average Bonchev–Trinajstić information content (AvgIpc) is 2.81. The topological polar surface area (TPSA) is 31.9 Å². The Kier molecular flexibility index (Phi) is 4.39. The number of fused-ring (bicyclic) bond motifs is 2. The molecule has 0 atom stereocenters. The molecule has 2 aromatic heterocycles. The van der Waals surface area contributed by atoms with Gasteiger partial charge in [0.25, 0.3) is 0 Å². The van der Waals surface area contributed by atoms with Crippen molar-refractivity contribution in [3.05, 3.63) is 57.3 Å². The third kappa shape index (κ3) is 2.74. The molecule has 1 aliphatic heterocycles. The molecular formula is C18H19BrClN3. The second kappa shape index (κ2) is 6.17. The molecule has 0 saturated heterocycles. The van der Waals surface area contributed by atoms with E-state index in [1.807, 2.05) is 6.20 Å². The summed E-state index contributed by atoms with van der Waals surface area (Å²) in [6.45, 7) is 6.22. The van der Waals surface area contributed by atoms with Gasteiger partial charge in [-0.3, -0.25) is 0 Å². The van der Waals surface area contributed by atoms with Gasteiger partial charge in [0.15, 0.2) is 5.82 Å². The number of halogens is 2. The zero-order valence-corrected chi connectivity index (χ0v) is 15.6. The molecule has 0 unspecified atom stereocenters. The molecule has 1 aliphatic rings. The van der Waals surface area contributed by atoms with Crippen molar-refractivity contribution in [2.45, 2.75) is 26.8 Å². The minimum absolute atomic E-state index is 0. The first-order valence-electron chi connectivity index (χ1n) is 7.59. The minimum Gasteiger partial charge on any atom is -0.355 e. The zero-order valence-electron chi connectivity index (χ0n) is 13.2. The standard InChI is InChI=1S/C18H18BrN3.ClH/c1-11-12(2)21-17-16(11)5-7-20-18(17)22-8-6-13-3-4-15(19)9-14(13)10-22;/h3-5,7,9,21H,6,8,10H2,1-2H3;1H. The summed E-state index contributed by atoms with van der Waals surface area (Å²) in [4.78, 5) is 10.6. The number of hydrogen-bond donors (Lipinski definition) is 1. The van der Waals surface area contributed by atoms with Crippen LogP contribution in [0.3, 0.4) is 0 Å². The van der Waals surface area contributed by atoms with Gasteiger partial charge in [0.1, 0.15) is 0 Å². The van der Waals surface area contributed by atoms with E-state index in [-0.39, 0.29) is 12.4 Å². The van der Waals surface area contributed by atoms with E-state index < -0.39 is 0 Å². The van der Waals surface area contributed by atoms with Crippen LogP contribution in [0.2, 0.25) is 0 Å². The van der Waals surface area contributed by atoms with Crippen molar-refractivity contribution in [3.8, 4) is 0 Å². The highest BCUT2D eigenvalue weighted by Gasteiger charge is 2.20. The Morgan fingerprint density at radius 1 is 1.17 bits per heavy atom. The highest BCUT2D eigenvalue weighted by Crippen LogP contribution is 2.31. The predicted octanol–water partition coefficient (Wildman–Crippen LogP) is 4.93. The van der Waals surface area contributed by atoms with E-state index in [9.17, 15) is 0 Å². The smallest absolute Gasteiger partial charge is 0.153 e.